The molecule has 38 heavy (non-hydrogen) atoms. The molecule has 194 valence electrons. The normalized spacial score (nSPS) is 11.9. The van der Waals surface area contributed by atoms with Crippen LogP contribution < -0.4 is 10.7 Å². The van der Waals surface area contributed by atoms with E-state index >= 15 is 0 Å². The molecule has 5 aromatic rings. The minimum absolute atomic E-state index is 0.0606. The second kappa shape index (κ2) is 10.9. The van der Waals surface area contributed by atoms with Crippen molar-refractivity contribution in [2.24, 2.45) is 0 Å². The van der Waals surface area contributed by atoms with E-state index in [-0.39, 0.29) is 4.18 Å². The molecule has 5 heteroatoms. The fraction of sp³-hybridized carbons (Fsp3) is 0.273. The number of rotatable bonds is 8. The molecule has 0 unspecified atom stereocenters. The number of aryl methyl sites for hydroxylation is 2. The van der Waals surface area contributed by atoms with Crippen molar-refractivity contribution in [3.05, 3.63) is 125 Å². The fourth-order valence-electron chi connectivity index (χ4n) is 6.41. The van der Waals surface area contributed by atoms with Crippen LogP contribution in [0.25, 0.3) is 0 Å². The Hall–Kier alpha value is -3.12. The van der Waals surface area contributed by atoms with Gasteiger partial charge in [-0.25, -0.2) is 0 Å². The molecule has 0 aliphatic rings. The number of nitrogens with zero attached hydrogens (tertiary/aromatic N) is 4. The van der Waals surface area contributed by atoms with Crippen molar-refractivity contribution in [3.8, 4) is 0 Å². The van der Waals surface area contributed by atoms with Gasteiger partial charge in [0.2, 0.25) is 0 Å². The number of hydrogen-bond acceptors (Lipinski definition) is 2. The first-order valence-electron chi connectivity index (χ1n) is 13.7. The van der Waals surface area contributed by atoms with E-state index < -0.39 is 18.4 Å². The number of hydrogen-bond donors (Lipinski definition) is 0. The molecule has 0 saturated carbocycles. The number of benzene rings is 3. The SMILES string of the molecule is CCc1c(C)nn([CH](n2nc(C)c(CC)c2C)[Sn]([c]2ccccc2)([c]2ccccc2)[c]2ccccc2)c1C. The van der Waals surface area contributed by atoms with Crippen molar-refractivity contribution in [2.45, 2.75) is 58.6 Å². The van der Waals surface area contributed by atoms with E-state index in [4.69, 9.17) is 10.2 Å². The van der Waals surface area contributed by atoms with Crippen molar-refractivity contribution < 1.29 is 0 Å². The first-order chi connectivity index (χ1) is 18.4. The third kappa shape index (κ3) is 4.23. The van der Waals surface area contributed by atoms with Crippen molar-refractivity contribution in [1.29, 1.82) is 0 Å². The van der Waals surface area contributed by atoms with Crippen molar-refractivity contribution in [1.82, 2.24) is 19.6 Å². The molecule has 3 aromatic carbocycles. The average molecular weight is 609 g/mol. The van der Waals surface area contributed by atoms with Gasteiger partial charge in [-0.05, 0) is 0 Å². The quantitative estimate of drug-likeness (QED) is 0.227. The second-order valence-electron chi connectivity index (χ2n) is 10.2. The zero-order valence-corrected chi connectivity index (χ0v) is 26.3. The van der Waals surface area contributed by atoms with Crippen LogP contribution in [0.1, 0.15) is 51.9 Å². The predicted molar refractivity (Wildman–Crippen MR) is 161 cm³/mol. The van der Waals surface area contributed by atoms with E-state index in [0.717, 1.165) is 24.2 Å². The van der Waals surface area contributed by atoms with E-state index in [1.807, 2.05) is 0 Å². The average Bonchev–Trinajstić information content (AvgIpc) is 3.40. The summed E-state index contributed by atoms with van der Waals surface area (Å²) in [6.07, 6.45) is 1.93. The molecule has 0 bridgehead atoms. The molecule has 2 heterocycles. The van der Waals surface area contributed by atoms with Crippen LogP contribution in [-0.2, 0) is 12.8 Å². The van der Waals surface area contributed by atoms with E-state index in [1.54, 1.807) is 0 Å². The van der Waals surface area contributed by atoms with Crippen molar-refractivity contribution in [2.75, 3.05) is 0 Å². The van der Waals surface area contributed by atoms with Gasteiger partial charge in [0.05, 0.1) is 0 Å². The number of aromatic nitrogens is 4. The first kappa shape index (κ1) is 26.5. The van der Waals surface area contributed by atoms with E-state index in [9.17, 15) is 0 Å². The maximum absolute atomic E-state index is 5.31. The summed E-state index contributed by atoms with van der Waals surface area (Å²) in [7, 11) is 0. The summed E-state index contributed by atoms with van der Waals surface area (Å²) in [5, 5.41) is 10.6. The molecule has 0 fully saturated rings. The Bertz CT molecular complexity index is 1370. The van der Waals surface area contributed by atoms with Gasteiger partial charge in [0, 0.05) is 0 Å². The van der Waals surface area contributed by atoms with E-state index in [1.165, 1.54) is 33.3 Å². The molecule has 0 N–H and O–H groups in total. The molecule has 0 amide bonds. The van der Waals surface area contributed by atoms with Crippen LogP contribution in [0, 0.1) is 27.7 Å². The predicted octanol–water partition coefficient (Wildman–Crippen LogP) is 5.19. The topological polar surface area (TPSA) is 35.6 Å². The third-order valence-corrected chi connectivity index (χ3v) is 22.5. The molecule has 2 aromatic heterocycles. The Morgan fingerprint density at radius 1 is 0.553 bits per heavy atom. The monoisotopic (exact) mass is 610 g/mol. The summed E-state index contributed by atoms with van der Waals surface area (Å²) in [5.41, 5.74) is 7.38. The van der Waals surface area contributed by atoms with E-state index in [0.29, 0.717) is 0 Å². The minimum atomic E-state index is -3.99. The molecular formula is C33H38N4Sn. The van der Waals surface area contributed by atoms with Gasteiger partial charge in [-0.15, -0.1) is 0 Å². The fourth-order valence-corrected chi connectivity index (χ4v) is 21.5. The Balaban J connectivity index is 2.01. The van der Waals surface area contributed by atoms with Gasteiger partial charge in [0.25, 0.3) is 0 Å². The van der Waals surface area contributed by atoms with Gasteiger partial charge in [0.1, 0.15) is 0 Å². The van der Waals surface area contributed by atoms with Gasteiger partial charge in [-0.2, -0.15) is 0 Å². The van der Waals surface area contributed by atoms with Gasteiger partial charge in [-0.1, -0.05) is 0 Å². The van der Waals surface area contributed by atoms with Crippen LogP contribution in [0.5, 0.6) is 0 Å². The van der Waals surface area contributed by atoms with Crippen molar-refractivity contribution in [3.63, 3.8) is 0 Å². The molecular weight excluding hydrogens is 571 g/mol. The van der Waals surface area contributed by atoms with Crippen molar-refractivity contribution >= 4 is 29.1 Å². The molecule has 0 radical (unpaired) electrons. The first-order valence-corrected chi connectivity index (χ1v) is 19.6. The summed E-state index contributed by atoms with van der Waals surface area (Å²) in [4.78, 5) is 0. The molecule has 0 atom stereocenters. The molecule has 0 aliphatic carbocycles. The Morgan fingerprint density at radius 3 is 1.13 bits per heavy atom. The van der Waals surface area contributed by atoms with Crippen LogP contribution in [-0.4, -0.2) is 37.9 Å². The molecule has 0 aliphatic heterocycles. The van der Waals surface area contributed by atoms with Crippen LogP contribution >= 0.6 is 0 Å². The van der Waals surface area contributed by atoms with Crippen LogP contribution in [0.15, 0.2) is 91.0 Å². The maximum atomic E-state index is 5.31. The molecule has 5 rings (SSSR count). The summed E-state index contributed by atoms with van der Waals surface area (Å²) in [6.45, 7) is 13.3. The van der Waals surface area contributed by atoms with Crippen LogP contribution in [0.4, 0.5) is 0 Å². The standard InChI is InChI=1S/C15H23N4.3C6H5.Sn/c1-7-14-10(3)16-18(12(14)5)9-19-13(6)15(8-2)11(4)17-19;3*1-2-4-6-5-3-1;/h9H,7-8H2,1-6H3;3*1-5H;. The zero-order chi connectivity index (χ0) is 26.9. The Kier molecular flexibility index (Phi) is 7.62. The second-order valence-corrected chi connectivity index (χ2v) is 21.2. The Morgan fingerprint density at radius 2 is 0.868 bits per heavy atom. The summed E-state index contributed by atoms with van der Waals surface area (Å²) in [6, 6.07) is 33.7. The Labute approximate surface area is 231 Å². The van der Waals surface area contributed by atoms with Gasteiger partial charge in [0.15, 0.2) is 0 Å². The van der Waals surface area contributed by atoms with Crippen LogP contribution in [0.3, 0.4) is 0 Å². The molecule has 0 saturated heterocycles. The summed E-state index contributed by atoms with van der Waals surface area (Å²) >= 11 is -3.99. The summed E-state index contributed by atoms with van der Waals surface area (Å²) in [5.74, 6) is 0. The van der Waals surface area contributed by atoms with Crippen LogP contribution in [0.2, 0.25) is 0 Å². The third-order valence-electron chi connectivity index (χ3n) is 8.19. The van der Waals surface area contributed by atoms with Gasteiger partial charge < -0.3 is 0 Å². The molecule has 0 spiro atoms. The van der Waals surface area contributed by atoms with Gasteiger partial charge in [-0.3, -0.25) is 0 Å². The zero-order valence-electron chi connectivity index (χ0n) is 23.4. The van der Waals surface area contributed by atoms with Gasteiger partial charge >= 0.3 is 232 Å². The molecule has 4 nitrogen and oxygen atoms in total. The summed E-state index contributed by atoms with van der Waals surface area (Å²) < 4.78 is 8.88. The van der Waals surface area contributed by atoms with E-state index in [2.05, 4.69) is 142 Å².